The predicted octanol–water partition coefficient (Wildman–Crippen LogP) is 2.30. The maximum Gasteiger partial charge on any atom is 0.151 e. The van der Waals surface area contributed by atoms with Gasteiger partial charge < -0.3 is 9.64 Å². The highest BCUT2D eigenvalue weighted by molar-refractivity contribution is 5.38. The average molecular weight is 353 g/mol. The van der Waals surface area contributed by atoms with Crippen molar-refractivity contribution in [1.82, 2.24) is 20.1 Å². The number of pyridine rings is 1. The van der Waals surface area contributed by atoms with E-state index in [1.54, 1.807) is 0 Å². The van der Waals surface area contributed by atoms with E-state index in [4.69, 9.17) is 4.74 Å². The summed E-state index contributed by atoms with van der Waals surface area (Å²) >= 11 is 0. The molecule has 2 aromatic heterocycles. The molecule has 1 atom stereocenters. The van der Waals surface area contributed by atoms with Crippen molar-refractivity contribution in [2.45, 2.75) is 26.3 Å². The number of anilines is 1. The third-order valence-corrected chi connectivity index (χ3v) is 5.44. The second-order valence-corrected chi connectivity index (χ2v) is 7.68. The van der Waals surface area contributed by atoms with Crippen molar-refractivity contribution in [3.8, 4) is 0 Å². The van der Waals surface area contributed by atoms with Crippen LogP contribution >= 0.6 is 0 Å². The van der Waals surface area contributed by atoms with Gasteiger partial charge in [-0.15, -0.1) is 5.10 Å². The highest BCUT2D eigenvalue weighted by atomic mass is 16.5. The first kappa shape index (κ1) is 17.4. The number of rotatable bonds is 3. The van der Waals surface area contributed by atoms with Crippen molar-refractivity contribution in [3.05, 3.63) is 47.9 Å². The van der Waals surface area contributed by atoms with E-state index in [2.05, 4.69) is 43.2 Å². The van der Waals surface area contributed by atoms with E-state index < -0.39 is 0 Å². The number of hydrogen-bond acceptors (Lipinski definition) is 6. The van der Waals surface area contributed by atoms with Gasteiger partial charge in [0.15, 0.2) is 5.82 Å². The summed E-state index contributed by atoms with van der Waals surface area (Å²) < 4.78 is 6.04. The molecule has 4 rings (SSSR count). The Bertz CT molecular complexity index is 708. The minimum atomic E-state index is 0.161. The molecule has 26 heavy (non-hydrogen) atoms. The van der Waals surface area contributed by atoms with E-state index in [0.29, 0.717) is 0 Å². The summed E-state index contributed by atoms with van der Waals surface area (Å²) in [4.78, 5) is 9.04. The molecule has 0 N–H and O–H groups in total. The van der Waals surface area contributed by atoms with Crippen molar-refractivity contribution >= 4 is 5.82 Å². The van der Waals surface area contributed by atoms with Crippen LogP contribution in [0.25, 0.3) is 0 Å². The summed E-state index contributed by atoms with van der Waals surface area (Å²) in [6.07, 6.45) is 6.17. The summed E-state index contributed by atoms with van der Waals surface area (Å²) in [6, 6.07) is 8.34. The predicted molar refractivity (Wildman–Crippen MR) is 101 cm³/mol. The molecule has 138 valence electrons. The highest BCUT2D eigenvalue weighted by Crippen LogP contribution is 2.34. The van der Waals surface area contributed by atoms with Crippen LogP contribution in [0.4, 0.5) is 5.82 Å². The van der Waals surface area contributed by atoms with Crippen LogP contribution in [0.15, 0.2) is 36.7 Å². The Morgan fingerprint density at radius 1 is 1.08 bits per heavy atom. The van der Waals surface area contributed by atoms with Crippen LogP contribution < -0.4 is 4.90 Å². The van der Waals surface area contributed by atoms with Crippen LogP contribution in [-0.4, -0.2) is 59.5 Å². The molecule has 0 unspecified atom stereocenters. The molecular weight excluding hydrogens is 326 g/mol. The Kier molecular flexibility index (Phi) is 5.13. The molecule has 0 radical (unpaired) electrons. The monoisotopic (exact) mass is 353 g/mol. The normalized spacial score (nSPS) is 24.6. The zero-order valence-corrected chi connectivity index (χ0v) is 15.5. The van der Waals surface area contributed by atoms with E-state index in [0.717, 1.165) is 57.4 Å². The fourth-order valence-corrected chi connectivity index (χ4v) is 4.19. The second kappa shape index (κ2) is 7.68. The molecule has 0 aromatic carbocycles. The number of hydrogen-bond donors (Lipinski definition) is 0. The van der Waals surface area contributed by atoms with Gasteiger partial charge >= 0.3 is 0 Å². The smallest absolute Gasteiger partial charge is 0.151 e. The summed E-state index contributed by atoms with van der Waals surface area (Å²) in [5.41, 5.74) is 2.44. The van der Waals surface area contributed by atoms with E-state index >= 15 is 0 Å². The number of ether oxygens (including phenoxy) is 1. The molecule has 2 aliphatic rings. The summed E-state index contributed by atoms with van der Waals surface area (Å²) in [5, 5.41) is 8.65. The maximum absolute atomic E-state index is 6.04. The number of aryl methyl sites for hydroxylation is 1. The Balaban J connectivity index is 1.49. The van der Waals surface area contributed by atoms with Gasteiger partial charge in [-0.3, -0.25) is 9.88 Å². The molecule has 0 amide bonds. The van der Waals surface area contributed by atoms with Crippen LogP contribution in [0.5, 0.6) is 0 Å². The summed E-state index contributed by atoms with van der Waals surface area (Å²) in [6.45, 7) is 8.61. The lowest BCUT2D eigenvalue weighted by Crippen LogP contribution is -2.50. The molecule has 6 heteroatoms. The van der Waals surface area contributed by atoms with Crippen molar-refractivity contribution in [1.29, 1.82) is 0 Å². The van der Waals surface area contributed by atoms with Gasteiger partial charge in [-0.2, -0.15) is 5.10 Å². The highest BCUT2D eigenvalue weighted by Gasteiger charge is 2.39. The van der Waals surface area contributed by atoms with Gasteiger partial charge in [0, 0.05) is 44.0 Å². The Labute approximate surface area is 155 Å². The quantitative estimate of drug-likeness (QED) is 0.844. The largest absolute Gasteiger partial charge is 0.379 e. The van der Waals surface area contributed by atoms with Crippen LogP contribution in [0.3, 0.4) is 0 Å². The van der Waals surface area contributed by atoms with Gasteiger partial charge in [-0.05, 0) is 56.1 Å². The first-order valence-corrected chi connectivity index (χ1v) is 9.47. The maximum atomic E-state index is 6.04. The third kappa shape index (κ3) is 4.02. The standard InChI is InChI=1S/C20H27N5O/c1-17-3-4-19(23-22-17)25-11-12-26-16-20(15-25)7-2-10-24(14-20)13-18-5-8-21-9-6-18/h3-6,8-9H,2,7,10-16H2,1H3/t20-/m0/s1. The molecule has 0 aliphatic carbocycles. The van der Waals surface area contributed by atoms with E-state index in [9.17, 15) is 0 Å². The zero-order chi connectivity index (χ0) is 17.8. The van der Waals surface area contributed by atoms with Crippen molar-refractivity contribution in [2.75, 3.05) is 44.3 Å². The lowest BCUT2D eigenvalue weighted by Gasteiger charge is -2.43. The summed E-state index contributed by atoms with van der Waals surface area (Å²) in [5.74, 6) is 0.965. The molecule has 2 aromatic rings. The molecule has 2 saturated heterocycles. The molecule has 4 heterocycles. The van der Waals surface area contributed by atoms with E-state index in [1.807, 2.05) is 25.4 Å². The van der Waals surface area contributed by atoms with Crippen LogP contribution in [-0.2, 0) is 11.3 Å². The van der Waals surface area contributed by atoms with Gasteiger partial charge in [0.2, 0.25) is 0 Å². The molecule has 0 bridgehead atoms. The van der Waals surface area contributed by atoms with E-state index in [1.165, 1.54) is 18.4 Å². The van der Waals surface area contributed by atoms with Crippen LogP contribution in [0.1, 0.15) is 24.1 Å². The molecule has 1 spiro atoms. The number of likely N-dealkylation sites (tertiary alicyclic amines) is 1. The average Bonchev–Trinajstić information content (AvgIpc) is 2.86. The first-order chi connectivity index (χ1) is 12.7. The van der Waals surface area contributed by atoms with Gasteiger partial charge in [-0.1, -0.05) is 0 Å². The van der Waals surface area contributed by atoms with Crippen molar-refractivity contribution in [2.24, 2.45) is 5.41 Å². The molecule has 6 nitrogen and oxygen atoms in total. The number of aromatic nitrogens is 3. The molecule has 0 saturated carbocycles. The zero-order valence-electron chi connectivity index (χ0n) is 15.5. The van der Waals surface area contributed by atoms with Crippen LogP contribution in [0.2, 0.25) is 0 Å². The van der Waals surface area contributed by atoms with Gasteiger partial charge in [0.25, 0.3) is 0 Å². The lowest BCUT2D eigenvalue weighted by atomic mass is 9.80. The lowest BCUT2D eigenvalue weighted by molar-refractivity contribution is 0.0106. The minimum absolute atomic E-state index is 0.161. The molecular formula is C20H27N5O. The van der Waals surface area contributed by atoms with Gasteiger partial charge in [-0.25, -0.2) is 0 Å². The van der Waals surface area contributed by atoms with Crippen molar-refractivity contribution < 1.29 is 4.74 Å². The van der Waals surface area contributed by atoms with Gasteiger partial charge in [0.1, 0.15) is 0 Å². The Hall–Kier alpha value is -2.05. The SMILES string of the molecule is Cc1ccc(N2CCOC[C@]3(CCCN(Cc4ccncc4)C3)C2)nn1. The van der Waals surface area contributed by atoms with Gasteiger partial charge in [0.05, 0.1) is 18.9 Å². The Morgan fingerprint density at radius 3 is 2.77 bits per heavy atom. The summed E-state index contributed by atoms with van der Waals surface area (Å²) in [7, 11) is 0. The fraction of sp³-hybridized carbons (Fsp3) is 0.550. The van der Waals surface area contributed by atoms with Crippen LogP contribution in [0, 0.1) is 12.3 Å². The molecule has 2 aliphatic heterocycles. The number of piperidine rings is 1. The third-order valence-electron chi connectivity index (χ3n) is 5.44. The van der Waals surface area contributed by atoms with Crippen molar-refractivity contribution in [3.63, 3.8) is 0 Å². The fourth-order valence-electron chi connectivity index (χ4n) is 4.19. The minimum Gasteiger partial charge on any atom is -0.379 e. The second-order valence-electron chi connectivity index (χ2n) is 7.68. The molecule has 2 fully saturated rings. The van der Waals surface area contributed by atoms with E-state index in [-0.39, 0.29) is 5.41 Å². The Morgan fingerprint density at radius 2 is 1.96 bits per heavy atom. The first-order valence-electron chi connectivity index (χ1n) is 9.47. The number of nitrogens with zero attached hydrogens (tertiary/aromatic N) is 5. The topological polar surface area (TPSA) is 54.4 Å².